The highest BCUT2D eigenvalue weighted by atomic mass is 19.1. The van der Waals surface area contributed by atoms with Crippen LogP contribution in [0, 0.1) is 5.82 Å². The lowest BCUT2D eigenvalue weighted by molar-refractivity contribution is 0.477. The van der Waals surface area contributed by atoms with Gasteiger partial charge in [-0.15, -0.1) is 0 Å². The number of aromatic nitrogens is 3. The maximum atomic E-state index is 13.0. The van der Waals surface area contributed by atoms with E-state index in [1.54, 1.807) is 18.5 Å². The van der Waals surface area contributed by atoms with Crippen LogP contribution in [0.3, 0.4) is 0 Å². The Kier molecular flexibility index (Phi) is 4.27. The summed E-state index contributed by atoms with van der Waals surface area (Å²) in [6, 6.07) is 6.93. The quantitative estimate of drug-likeness (QED) is 0.900. The van der Waals surface area contributed by atoms with Crippen molar-refractivity contribution >= 4 is 0 Å². The van der Waals surface area contributed by atoms with E-state index in [1.165, 1.54) is 12.1 Å². The fourth-order valence-electron chi connectivity index (χ4n) is 2.12. The predicted octanol–water partition coefficient (Wildman–Crippen LogP) is 2.50. The highest BCUT2D eigenvalue weighted by Crippen LogP contribution is 2.18. The van der Waals surface area contributed by atoms with E-state index >= 15 is 0 Å². The Morgan fingerprint density at radius 2 is 1.95 bits per heavy atom. The Bertz CT molecular complexity index is 518. The number of halogens is 1. The zero-order valence-electron chi connectivity index (χ0n) is 11.5. The average molecular weight is 262 g/mol. The first-order chi connectivity index (χ1) is 9.11. The lowest BCUT2D eigenvalue weighted by atomic mass is 10.0. The number of hydrogen-bond donors (Lipinski definition) is 1. The fraction of sp³-hybridized carbons (Fsp3) is 0.429. The summed E-state index contributed by atoms with van der Waals surface area (Å²) in [5.74, 6) is 0.711. The van der Waals surface area contributed by atoms with E-state index in [4.69, 9.17) is 0 Å². The lowest BCUT2D eigenvalue weighted by Crippen LogP contribution is -2.21. The molecule has 0 amide bonds. The summed E-state index contributed by atoms with van der Waals surface area (Å²) < 4.78 is 14.9. The summed E-state index contributed by atoms with van der Waals surface area (Å²) in [6.07, 6.45) is 2.30. The lowest BCUT2D eigenvalue weighted by Gasteiger charge is -2.17. The van der Waals surface area contributed by atoms with Gasteiger partial charge in [0.05, 0.1) is 0 Å². The van der Waals surface area contributed by atoms with E-state index in [-0.39, 0.29) is 17.9 Å². The van der Waals surface area contributed by atoms with Gasteiger partial charge in [0.25, 0.3) is 0 Å². The minimum atomic E-state index is -0.219. The standard InChI is InChI=1S/C14H19FN4/c1-10(2)19-14(17-9-18-19)8-13(16-3)11-4-6-12(15)7-5-11/h4-7,9-10,13,16H,8H2,1-3H3. The second-order valence-corrected chi connectivity index (χ2v) is 4.81. The van der Waals surface area contributed by atoms with Crippen molar-refractivity contribution in [2.24, 2.45) is 0 Å². The van der Waals surface area contributed by atoms with Gasteiger partial charge in [-0.05, 0) is 38.6 Å². The molecule has 0 fully saturated rings. The molecule has 1 N–H and O–H groups in total. The van der Waals surface area contributed by atoms with E-state index in [0.717, 1.165) is 17.8 Å². The molecule has 19 heavy (non-hydrogen) atoms. The van der Waals surface area contributed by atoms with E-state index < -0.39 is 0 Å². The van der Waals surface area contributed by atoms with Crippen molar-refractivity contribution in [2.75, 3.05) is 7.05 Å². The van der Waals surface area contributed by atoms with Crippen molar-refractivity contribution in [2.45, 2.75) is 32.4 Å². The van der Waals surface area contributed by atoms with Crippen LogP contribution in [-0.2, 0) is 6.42 Å². The third kappa shape index (κ3) is 3.17. The van der Waals surface area contributed by atoms with Gasteiger partial charge in [-0.1, -0.05) is 12.1 Å². The molecular weight excluding hydrogens is 243 g/mol. The third-order valence-electron chi connectivity index (χ3n) is 3.14. The molecule has 1 atom stereocenters. The van der Waals surface area contributed by atoms with E-state index in [1.807, 2.05) is 11.7 Å². The van der Waals surface area contributed by atoms with Crippen LogP contribution in [-0.4, -0.2) is 21.8 Å². The van der Waals surface area contributed by atoms with Gasteiger partial charge in [-0.25, -0.2) is 14.1 Å². The molecule has 2 aromatic rings. The van der Waals surface area contributed by atoms with Crippen LogP contribution in [0.4, 0.5) is 4.39 Å². The molecule has 0 saturated heterocycles. The van der Waals surface area contributed by atoms with Crippen molar-refractivity contribution in [3.8, 4) is 0 Å². The maximum absolute atomic E-state index is 13.0. The molecule has 5 heteroatoms. The maximum Gasteiger partial charge on any atom is 0.138 e. The first-order valence-corrected chi connectivity index (χ1v) is 6.43. The van der Waals surface area contributed by atoms with Crippen LogP contribution >= 0.6 is 0 Å². The molecule has 1 unspecified atom stereocenters. The molecule has 1 aromatic carbocycles. The monoisotopic (exact) mass is 262 g/mol. The fourth-order valence-corrected chi connectivity index (χ4v) is 2.12. The van der Waals surface area contributed by atoms with Gasteiger partial charge in [-0.3, -0.25) is 0 Å². The van der Waals surface area contributed by atoms with E-state index in [2.05, 4.69) is 29.2 Å². The Labute approximate surface area is 112 Å². The Balaban J connectivity index is 2.19. The van der Waals surface area contributed by atoms with Crippen LogP contribution in [0.25, 0.3) is 0 Å². The molecule has 0 radical (unpaired) electrons. The number of rotatable bonds is 5. The average Bonchev–Trinajstić information content (AvgIpc) is 2.85. The predicted molar refractivity (Wildman–Crippen MR) is 72.3 cm³/mol. The summed E-state index contributed by atoms with van der Waals surface area (Å²) >= 11 is 0. The first-order valence-electron chi connectivity index (χ1n) is 6.43. The van der Waals surface area contributed by atoms with Crippen molar-refractivity contribution < 1.29 is 4.39 Å². The Morgan fingerprint density at radius 3 is 2.53 bits per heavy atom. The molecule has 0 aliphatic heterocycles. The number of hydrogen-bond acceptors (Lipinski definition) is 3. The van der Waals surface area contributed by atoms with Crippen LogP contribution < -0.4 is 5.32 Å². The van der Waals surface area contributed by atoms with Gasteiger partial charge in [0.1, 0.15) is 18.0 Å². The molecule has 0 aliphatic carbocycles. The highest BCUT2D eigenvalue weighted by molar-refractivity contribution is 5.21. The summed E-state index contributed by atoms with van der Waals surface area (Å²) in [5.41, 5.74) is 1.04. The molecule has 2 rings (SSSR count). The molecule has 1 aromatic heterocycles. The Hall–Kier alpha value is -1.75. The topological polar surface area (TPSA) is 42.7 Å². The summed E-state index contributed by atoms with van der Waals surface area (Å²) in [7, 11) is 1.89. The summed E-state index contributed by atoms with van der Waals surface area (Å²) in [6.45, 7) is 4.15. The van der Waals surface area contributed by atoms with E-state index in [0.29, 0.717) is 0 Å². The second kappa shape index (κ2) is 5.93. The largest absolute Gasteiger partial charge is 0.313 e. The van der Waals surface area contributed by atoms with Gasteiger partial charge in [0.15, 0.2) is 0 Å². The van der Waals surface area contributed by atoms with Gasteiger partial charge >= 0.3 is 0 Å². The molecule has 4 nitrogen and oxygen atoms in total. The van der Waals surface area contributed by atoms with Crippen LogP contribution in [0.5, 0.6) is 0 Å². The molecule has 0 saturated carbocycles. The van der Waals surface area contributed by atoms with E-state index in [9.17, 15) is 4.39 Å². The summed E-state index contributed by atoms with van der Waals surface area (Å²) in [5, 5.41) is 7.47. The Morgan fingerprint density at radius 1 is 1.26 bits per heavy atom. The second-order valence-electron chi connectivity index (χ2n) is 4.81. The third-order valence-corrected chi connectivity index (χ3v) is 3.14. The number of likely N-dealkylation sites (N-methyl/N-ethyl adjacent to an activating group) is 1. The highest BCUT2D eigenvalue weighted by Gasteiger charge is 2.15. The molecule has 0 spiro atoms. The van der Waals surface area contributed by atoms with Crippen LogP contribution in [0.2, 0.25) is 0 Å². The molecular formula is C14H19FN4. The number of nitrogens with zero attached hydrogens (tertiary/aromatic N) is 3. The number of benzene rings is 1. The van der Waals surface area contributed by atoms with Crippen LogP contribution in [0.15, 0.2) is 30.6 Å². The van der Waals surface area contributed by atoms with Crippen molar-refractivity contribution in [3.05, 3.63) is 47.8 Å². The van der Waals surface area contributed by atoms with Gasteiger partial charge < -0.3 is 5.32 Å². The van der Waals surface area contributed by atoms with Crippen molar-refractivity contribution in [1.29, 1.82) is 0 Å². The smallest absolute Gasteiger partial charge is 0.138 e. The van der Waals surface area contributed by atoms with Gasteiger partial charge in [0.2, 0.25) is 0 Å². The van der Waals surface area contributed by atoms with Crippen LogP contribution in [0.1, 0.15) is 37.3 Å². The first kappa shape index (κ1) is 13.7. The van der Waals surface area contributed by atoms with Crippen molar-refractivity contribution in [1.82, 2.24) is 20.1 Å². The minimum Gasteiger partial charge on any atom is -0.313 e. The minimum absolute atomic E-state index is 0.0994. The molecule has 102 valence electrons. The molecule has 0 bridgehead atoms. The zero-order chi connectivity index (χ0) is 13.8. The SMILES string of the molecule is CNC(Cc1ncnn1C(C)C)c1ccc(F)cc1. The summed E-state index contributed by atoms with van der Waals surface area (Å²) in [4.78, 5) is 4.31. The van der Waals surface area contributed by atoms with Crippen molar-refractivity contribution in [3.63, 3.8) is 0 Å². The normalized spacial score (nSPS) is 12.9. The molecule has 0 aliphatic rings. The van der Waals surface area contributed by atoms with Gasteiger partial charge in [-0.2, -0.15) is 5.10 Å². The number of nitrogens with one attached hydrogen (secondary N) is 1. The van der Waals surface area contributed by atoms with Gasteiger partial charge in [0, 0.05) is 18.5 Å². The zero-order valence-corrected chi connectivity index (χ0v) is 11.5. The molecule has 1 heterocycles.